The molecule has 0 aliphatic carbocycles. The fraction of sp³-hybridized carbons (Fsp3) is 0.800. The second-order valence-corrected chi connectivity index (χ2v) is 20.4. The number of hydrogen-bond acceptors (Lipinski definition) is 6. The zero-order valence-corrected chi connectivity index (χ0v) is 43.4. The molecule has 0 saturated heterocycles. The van der Waals surface area contributed by atoms with E-state index in [4.69, 9.17) is 18.5 Å². The number of esters is 1. The monoisotopic (exact) mass is 921 g/mol. The number of rotatable bonds is 49. The summed E-state index contributed by atoms with van der Waals surface area (Å²) in [5, 5.41) is 0. The van der Waals surface area contributed by atoms with Crippen molar-refractivity contribution in [2.45, 2.75) is 232 Å². The molecule has 0 rings (SSSR count). The lowest BCUT2D eigenvalue weighted by Crippen LogP contribution is -2.37. The van der Waals surface area contributed by atoms with Crippen LogP contribution in [-0.2, 0) is 27.9 Å². The van der Waals surface area contributed by atoms with Crippen LogP contribution in [-0.4, -0.2) is 75.6 Å². The minimum atomic E-state index is -4.29. The largest absolute Gasteiger partial charge is 0.472 e. The van der Waals surface area contributed by atoms with E-state index in [0.717, 1.165) is 57.8 Å². The van der Waals surface area contributed by atoms with Crippen molar-refractivity contribution < 1.29 is 37.3 Å². The van der Waals surface area contributed by atoms with E-state index in [1.165, 1.54) is 148 Å². The van der Waals surface area contributed by atoms with Gasteiger partial charge in [-0.25, -0.2) is 4.57 Å². The highest BCUT2D eigenvalue weighted by molar-refractivity contribution is 7.47. The van der Waals surface area contributed by atoms with Crippen LogP contribution in [0.5, 0.6) is 0 Å². The van der Waals surface area contributed by atoms with E-state index in [-0.39, 0.29) is 25.8 Å². The Morgan fingerprint density at radius 3 is 1.30 bits per heavy atom. The van der Waals surface area contributed by atoms with Crippen LogP contribution in [0, 0.1) is 0 Å². The molecule has 0 fully saturated rings. The number of allylic oxidation sites excluding steroid dienone is 10. The van der Waals surface area contributed by atoms with Crippen molar-refractivity contribution in [3.05, 3.63) is 60.8 Å². The van der Waals surface area contributed by atoms with Gasteiger partial charge in [0.25, 0.3) is 0 Å². The summed E-state index contributed by atoms with van der Waals surface area (Å²) in [6.07, 6.45) is 61.2. The Kier molecular flexibility index (Phi) is 46.3. The van der Waals surface area contributed by atoms with E-state index in [9.17, 15) is 14.3 Å². The summed E-state index contributed by atoms with van der Waals surface area (Å²) in [5.41, 5.74) is 0. The van der Waals surface area contributed by atoms with E-state index in [1.807, 2.05) is 21.1 Å². The molecular weight excluding hydrogens is 818 g/mol. The van der Waals surface area contributed by atoms with Crippen molar-refractivity contribution in [2.24, 2.45) is 0 Å². The molecule has 2 atom stereocenters. The first-order valence-electron chi connectivity index (χ1n) is 26.5. The summed E-state index contributed by atoms with van der Waals surface area (Å²) in [6, 6.07) is 0. The van der Waals surface area contributed by atoms with Crippen LogP contribution >= 0.6 is 7.82 Å². The van der Waals surface area contributed by atoms with Gasteiger partial charge in [0.2, 0.25) is 0 Å². The van der Waals surface area contributed by atoms with Gasteiger partial charge in [-0.05, 0) is 83.5 Å². The molecule has 0 aromatic rings. The molecule has 0 aliphatic rings. The highest BCUT2D eigenvalue weighted by Crippen LogP contribution is 2.43. The van der Waals surface area contributed by atoms with Gasteiger partial charge in [-0.15, -0.1) is 0 Å². The number of phosphoric acid groups is 1. The summed E-state index contributed by atoms with van der Waals surface area (Å²) in [6.45, 7) is 5.58. The van der Waals surface area contributed by atoms with Crippen molar-refractivity contribution in [3.8, 4) is 0 Å². The smallest absolute Gasteiger partial charge is 0.457 e. The number of likely N-dealkylation sites (N-methyl/N-ethyl adjacent to an activating group) is 1. The Balaban J connectivity index is 4.14. The predicted molar refractivity (Wildman–Crippen MR) is 275 cm³/mol. The number of ether oxygens (including phenoxy) is 2. The van der Waals surface area contributed by atoms with Gasteiger partial charge in [0.1, 0.15) is 19.3 Å². The summed E-state index contributed by atoms with van der Waals surface area (Å²) in [7, 11) is 1.65. The molecule has 9 heteroatoms. The summed E-state index contributed by atoms with van der Waals surface area (Å²) < 4.78 is 35.2. The molecule has 0 aliphatic heterocycles. The average Bonchev–Trinajstić information content (AvgIpc) is 3.25. The Morgan fingerprint density at radius 2 is 0.859 bits per heavy atom. The number of phosphoric ester groups is 1. The molecule has 0 bridgehead atoms. The molecule has 64 heavy (non-hydrogen) atoms. The zero-order chi connectivity index (χ0) is 46.9. The summed E-state index contributed by atoms with van der Waals surface area (Å²) in [4.78, 5) is 23.0. The third-order valence-electron chi connectivity index (χ3n) is 11.3. The highest BCUT2D eigenvalue weighted by Gasteiger charge is 2.26. The lowest BCUT2D eigenvalue weighted by molar-refractivity contribution is -0.870. The number of quaternary nitrogens is 1. The molecule has 0 aromatic heterocycles. The Bertz CT molecular complexity index is 1210. The lowest BCUT2D eigenvalue weighted by Gasteiger charge is -2.24. The molecular formula is C55H103NO7P+. The first-order valence-corrected chi connectivity index (χ1v) is 28.0. The number of nitrogens with zero attached hydrogens (tertiary/aromatic N) is 1. The van der Waals surface area contributed by atoms with Crippen LogP contribution in [0.15, 0.2) is 60.8 Å². The van der Waals surface area contributed by atoms with Gasteiger partial charge < -0.3 is 18.9 Å². The third-order valence-corrected chi connectivity index (χ3v) is 12.3. The van der Waals surface area contributed by atoms with Crippen molar-refractivity contribution >= 4 is 13.8 Å². The molecule has 8 nitrogen and oxygen atoms in total. The van der Waals surface area contributed by atoms with Crippen LogP contribution in [0.4, 0.5) is 0 Å². The van der Waals surface area contributed by atoms with Crippen molar-refractivity contribution in [1.29, 1.82) is 0 Å². The first-order chi connectivity index (χ1) is 31.1. The lowest BCUT2D eigenvalue weighted by atomic mass is 10.0. The van der Waals surface area contributed by atoms with Crippen LogP contribution in [0.1, 0.15) is 226 Å². The van der Waals surface area contributed by atoms with Gasteiger partial charge in [0.15, 0.2) is 0 Å². The molecule has 0 radical (unpaired) electrons. The van der Waals surface area contributed by atoms with Crippen molar-refractivity contribution in [2.75, 3.05) is 54.1 Å². The predicted octanol–water partition coefficient (Wildman–Crippen LogP) is 16.4. The zero-order valence-electron chi connectivity index (χ0n) is 42.5. The van der Waals surface area contributed by atoms with Crippen LogP contribution in [0.2, 0.25) is 0 Å². The molecule has 2 unspecified atom stereocenters. The van der Waals surface area contributed by atoms with Crippen molar-refractivity contribution in [3.63, 3.8) is 0 Å². The minimum absolute atomic E-state index is 0.0836. The molecule has 0 amide bonds. The summed E-state index contributed by atoms with van der Waals surface area (Å²) >= 11 is 0. The van der Waals surface area contributed by atoms with Crippen LogP contribution in [0.25, 0.3) is 0 Å². The van der Waals surface area contributed by atoms with Gasteiger partial charge >= 0.3 is 13.8 Å². The SMILES string of the molecule is CCCCCC/C=C\C/C=C\CCCCCCCCOCC(COP(=O)(O)OCC[N+](C)(C)C)OC(=O)CCCCCCCCCCCC/C=C\C/C=C\C/C=C\CCCCCCC. The minimum Gasteiger partial charge on any atom is -0.457 e. The van der Waals surface area contributed by atoms with Crippen molar-refractivity contribution in [1.82, 2.24) is 0 Å². The number of carbonyl (C=O) groups excluding carboxylic acids is 1. The van der Waals surface area contributed by atoms with E-state index in [0.29, 0.717) is 24.1 Å². The van der Waals surface area contributed by atoms with E-state index in [2.05, 4.69) is 74.6 Å². The Labute approximate surface area is 396 Å². The van der Waals surface area contributed by atoms with Gasteiger partial charge in [-0.2, -0.15) is 0 Å². The second-order valence-electron chi connectivity index (χ2n) is 18.9. The molecule has 1 N–H and O–H groups in total. The van der Waals surface area contributed by atoms with E-state index >= 15 is 0 Å². The van der Waals surface area contributed by atoms with Gasteiger partial charge in [0, 0.05) is 13.0 Å². The number of hydrogen-bond donors (Lipinski definition) is 1. The maximum atomic E-state index is 12.8. The average molecular weight is 921 g/mol. The summed E-state index contributed by atoms with van der Waals surface area (Å²) in [5.74, 6) is -0.321. The van der Waals surface area contributed by atoms with Crippen LogP contribution < -0.4 is 0 Å². The Morgan fingerprint density at radius 1 is 0.484 bits per heavy atom. The normalized spacial score (nSPS) is 14.0. The molecule has 374 valence electrons. The standard InChI is InChI=1S/C55H102NO7P/c1-6-8-10-12-14-16-18-20-22-24-25-26-27-28-29-30-31-32-34-36-38-40-42-44-46-48-55(57)63-54(53-62-64(58,59)61-51-49-56(3,4)5)52-60-50-47-45-43-41-39-37-35-33-23-21-19-17-15-13-11-9-7-2/h17-20,23-25,27-28,33,54H,6-16,21-22,26,29-32,34-53H2,1-5H3/p+1/b19-17-,20-18-,25-24-,28-27-,33-23-. The fourth-order valence-electron chi connectivity index (χ4n) is 7.18. The number of unbranched alkanes of at least 4 members (excludes halogenated alkanes) is 25. The molecule has 0 heterocycles. The van der Waals surface area contributed by atoms with E-state index in [1.54, 1.807) is 0 Å². The quantitative estimate of drug-likeness (QED) is 0.0214. The molecule has 0 spiro atoms. The third kappa shape index (κ3) is 51.2. The van der Waals surface area contributed by atoms with E-state index < -0.39 is 13.9 Å². The number of carbonyl (C=O) groups is 1. The first kappa shape index (κ1) is 62.2. The Hall–Kier alpha value is -1.80. The second kappa shape index (κ2) is 47.7. The topological polar surface area (TPSA) is 91.3 Å². The van der Waals surface area contributed by atoms with Gasteiger partial charge in [-0.3, -0.25) is 13.8 Å². The maximum absolute atomic E-state index is 12.8. The fourth-order valence-corrected chi connectivity index (χ4v) is 7.92. The maximum Gasteiger partial charge on any atom is 0.472 e. The van der Waals surface area contributed by atoms with Gasteiger partial charge in [0.05, 0.1) is 34.4 Å². The molecule has 0 aromatic carbocycles. The molecule has 0 saturated carbocycles. The van der Waals surface area contributed by atoms with Crippen LogP contribution in [0.3, 0.4) is 0 Å². The highest BCUT2D eigenvalue weighted by atomic mass is 31.2. The van der Waals surface area contributed by atoms with Gasteiger partial charge in [-0.1, -0.05) is 197 Å².